The fraction of sp³-hybridized carbons (Fsp3) is 0.643. The number of hydrogen-bond donors (Lipinski definition) is 1. The molecule has 110 valence electrons. The van der Waals surface area contributed by atoms with E-state index in [1.54, 1.807) is 0 Å². The van der Waals surface area contributed by atoms with Gasteiger partial charge in [-0.15, -0.1) is 5.10 Å². The van der Waals surface area contributed by atoms with Crippen molar-refractivity contribution in [3.8, 4) is 0 Å². The van der Waals surface area contributed by atoms with Gasteiger partial charge in [0.2, 0.25) is 0 Å². The van der Waals surface area contributed by atoms with E-state index in [1.807, 2.05) is 25.0 Å². The van der Waals surface area contributed by atoms with Crippen molar-refractivity contribution in [2.24, 2.45) is 7.05 Å². The highest BCUT2D eigenvalue weighted by Gasteiger charge is 2.26. The Morgan fingerprint density at radius 3 is 2.70 bits per heavy atom. The van der Waals surface area contributed by atoms with Crippen molar-refractivity contribution >= 4 is 11.5 Å². The van der Waals surface area contributed by atoms with Gasteiger partial charge in [0.15, 0.2) is 0 Å². The lowest BCUT2D eigenvalue weighted by Gasteiger charge is -2.21. The second-order valence-electron chi connectivity index (χ2n) is 6.06. The Labute approximate surface area is 124 Å². The van der Waals surface area contributed by atoms with E-state index in [-0.39, 0.29) is 5.41 Å². The third-order valence-electron chi connectivity index (χ3n) is 3.50. The maximum absolute atomic E-state index is 4.33. The Hall–Kier alpha value is -1.27. The first kappa shape index (κ1) is 15.1. The van der Waals surface area contributed by atoms with E-state index in [0.717, 1.165) is 18.5 Å². The van der Waals surface area contributed by atoms with Gasteiger partial charge >= 0.3 is 0 Å². The molecule has 1 atom stereocenters. The van der Waals surface area contributed by atoms with Crippen molar-refractivity contribution in [1.29, 1.82) is 0 Å². The first-order valence-corrected chi connectivity index (χ1v) is 7.67. The molecule has 0 spiro atoms. The molecule has 1 unspecified atom stereocenters. The number of nitrogens with zero attached hydrogens (tertiary/aromatic N) is 4. The lowest BCUT2D eigenvalue weighted by Crippen LogP contribution is -2.22. The maximum atomic E-state index is 4.33. The van der Waals surface area contributed by atoms with E-state index < -0.39 is 0 Å². The van der Waals surface area contributed by atoms with Gasteiger partial charge < -0.3 is 5.32 Å². The molecule has 0 saturated carbocycles. The molecule has 2 aromatic heterocycles. The Balaban J connectivity index is 2.13. The van der Waals surface area contributed by atoms with Crippen LogP contribution in [-0.2, 0) is 18.9 Å². The summed E-state index contributed by atoms with van der Waals surface area (Å²) < 4.78 is 6.09. The number of hydrogen-bond acceptors (Lipinski definition) is 5. The average Bonchev–Trinajstić information content (AvgIpc) is 2.99. The van der Waals surface area contributed by atoms with E-state index in [4.69, 9.17) is 0 Å². The summed E-state index contributed by atoms with van der Waals surface area (Å²) in [6, 6.07) is 2.36. The van der Waals surface area contributed by atoms with Crippen LogP contribution in [0.15, 0.2) is 12.3 Å². The molecule has 6 heteroatoms. The Bertz CT molecular complexity index is 552. The van der Waals surface area contributed by atoms with E-state index in [1.165, 1.54) is 22.1 Å². The monoisotopic (exact) mass is 293 g/mol. The maximum Gasteiger partial charge on any atom is 0.0857 e. The normalized spacial score (nSPS) is 13.7. The van der Waals surface area contributed by atoms with Crippen LogP contribution in [0.4, 0.5) is 0 Å². The molecule has 0 aliphatic rings. The van der Waals surface area contributed by atoms with E-state index in [9.17, 15) is 0 Å². The van der Waals surface area contributed by atoms with E-state index >= 15 is 0 Å². The quantitative estimate of drug-likeness (QED) is 0.920. The minimum absolute atomic E-state index is 0.0317. The number of aryl methyl sites for hydroxylation is 2. The summed E-state index contributed by atoms with van der Waals surface area (Å²) in [5, 5.41) is 11.9. The van der Waals surface area contributed by atoms with Crippen molar-refractivity contribution in [2.75, 3.05) is 7.05 Å². The summed E-state index contributed by atoms with van der Waals surface area (Å²) in [5.74, 6) is 0. The van der Waals surface area contributed by atoms with Crippen molar-refractivity contribution < 1.29 is 0 Å². The van der Waals surface area contributed by atoms with Crippen LogP contribution in [0.2, 0.25) is 0 Å². The molecule has 0 aliphatic carbocycles. The highest BCUT2D eigenvalue weighted by molar-refractivity contribution is 7.05. The highest BCUT2D eigenvalue weighted by Crippen LogP contribution is 2.32. The molecule has 0 radical (unpaired) electrons. The van der Waals surface area contributed by atoms with Crippen LogP contribution in [0.1, 0.15) is 49.5 Å². The minimum atomic E-state index is 0.0317. The van der Waals surface area contributed by atoms with Crippen LogP contribution >= 0.6 is 11.5 Å². The van der Waals surface area contributed by atoms with Crippen molar-refractivity contribution in [2.45, 2.75) is 45.1 Å². The third-order valence-corrected chi connectivity index (χ3v) is 4.34. The molecule has 0 saturated heterocycles. The topological polar surface area (TPSA) is 55.6 Å². The van der Waals surface area contributed by atoms with Crippen LogP contribution in [-0.4, -0.2) is 26.4 Å². The molecule has 2 rings (SSSR count). The van der Waals surface area contributed by atoms with Gasteiger partial charge in [-0.05, 0) is 37.5 Å². The minimum Gasteiger partial charge on any atom is -0.312 e. The first-order chi connectivity index (χ1) is 9.43. The highest BCUT2D eigenvalue weighted by atomic mass is 32.1. The molecule has 0 bridgehead atoms. The SMILES string of the molecule is CNC(CCc1ccnn1C)c1snnc1C(C)(C)C. The van der Waals surface area contributed by atoms with Gasteiger partial charge in [0.05, 0.1) is 10.6 Å². The predicted molar refractivity (Wildman–Crippen MR) is 81.9 cm³/mol. The first-order valence-electron chi connectivity index (χ1n) is 6.90. The molecule has 0 aromatic carbocycles. The molecular weight excluding hydrogens is 270 g/mol. The van der Waals surface area contributed by atoms with Crippen molar-refractivity contribution in [3.05, 3.63) is 28.5 Å². The molecule has 2 heterocycles. The summed E-state index contributed by atoms with van der Waals surface area (Å²) in [7, 11) is 3.98. The largest absolute Gasteiger partial charge is 0.312 e. The summed E-state index contributed by atoms with van der Waals surface area (Å²) in [5.41, 5.74) is 2.39. The number of rotatable bonds is 5. The van der Waals surface area contributed by atoms with Crippen LogP contribution in [0.25, 0.3) is 0 Å². The molecule has 1 N–H and O–H groups in total. The fourth-order valence-corrected chi connectivity index (χ4v) is 3.30. The van der Waals surface area contributed by atoms with Gasteiger partial charge in [0.25, 0.3) is 0 Å². The standard InChI is InChI=1S/C14H23N5S/c1-14(2,3)13-12(20-18-17-13)11(15-4)7-6-10-8-9-16-19(10)5/h8-9,11,15H,6-7H2,1-5H3. The second kappa shape index (κ2) is 6.01. The van der Waals surface area contributed by atoms with E-state index in [0.29, 0.717) is 6.04 Å². The van der Waals surface area contributed by atoms with Crippen LogP contribution < -0.4 is 5.32 Å². The number of nitrogens with one attached hydrogen (secondary N) is 1. The Kier molecular flexibility index (Phi) is 4.55. The Morgan fingerprint density at radius 1 is 1.40 bits per heavy atom. The molecule has 2 aromatic rings. The van der Waals surface area contributed by atoms with Gasteiger partial charge in [0, 0.05) is 30.4 Å². The van der Waals surface area contributed by atoms with Crippen LogP contribution in [0, 0.1) is 0 Å². The smallest absolute Gasteiger partial charge is 0.0857 e. The fourth-order valence-electron chi connectivity index (χ4n) is 2.29. The van der Waals surface area contributed by atoms with Gasteiger partial charge in [-0.1, -0.05) is 25.3 Å². The molecule has 0 fully saturated rings. The van der Waals surface area contributed by atoms with E-state index in [2.05, 4.69) is 46.8 Å². The summed E-state index contributed by atoms with van der Waals surface area (Å²) >= 11 is 1.50. The summed E-state index contributed by atoms with van der Waals surface area (Å²) in [6.07, 6.45) is 3.85. The van der Waals surface area contributed by atoms with Crippen LogP contribution in [0.3, 0.4) is 0 Å². The predicted octanol–water partition coefficient (Wildman–Crippen LogP) is 2.46. The summed E-state index contributed by atoms with van der Waals surface area (Å²) in [4.78, 5) is 1.25. The van der Waals surface area contributed by atoms with Gasteiger partial charge in [-0.25, -0.2) is 0 Å². The van der Waals surface area contributed by atoms with Crippen molar-refractivity contribution in [1.82, 2.24) is 24.7 Å². The van der Waals surface area contributed by atoms with Crippen molar-refractivity contribution in [3.63, 3.8) is 0 Å². The molecular formula is C14H23N5S. The van der Waals surface area contributed by atoms with Crippen LogP contribution in [0.5, 0.6) is 0 Å². The number of aromatic nitrogens is 4. The zero-order valence-electron chi connectivity index (χ0n) is 12.8. The molecule has 5 nitrogen and oxygen atoms in total. The lowest BCUT2D eigenvalue weighted by molar-refractivity contribution is 0.508. The van der Waals surface area contributed by atoms with Gasteiger partial charge in [-0.2, -0.15) is 5.10 Å². The Morgan fingerprint density at radius 2 is 2.15 bits per heavy atom. The molecule has 20 heavy (non-hydrogen) atoms. The zero-order valence-corrected chi connectivity index (χ0v) is 13.7. The average molecular weight is 293 g/mol. The molecule has 0 aliphatic heterocycles. The lowest BCUT2D eigenvalue weighted by atomic mass is 9.89. The van der Waals surface area contributed by atoms with Gasteiger partial charge in [-0.3, -0.25) is 4.68 Å². The van der Waals surface area contributed by atoms with Gasteiger partial charge in [0.1, 0.15) is 0 Å². The third kappa shape index (κ3) is 3.24. The zero-order chi connectivity index (χ0) is 14.8. The summed E-state index contributed by atoms with van der Waals surface area (Å²) in [6.45, 7) is 6.54. The molecule has 0 amide bonds. The second-order valence-corrected chi connectivity index (χ2v) is 6.85.